The van der Waals surface area contributed by atoms with Gasteiger partial charge in [-0.25, -0.2) is 4.79 Å². The highest BCUT2D eigenvalue weighted by Gasteiger charge is 2.30. The Hall–Kier alpha value is -4.00. The molecule has 0 bridgehead atoms. The second-order valence-electron chi connectivity index (χ2n) is 9.44. The maximum absolute atomic E-state index is 13.0. The van der Waals surface area contributed by atoms with Gasteiger partial charge in [0.1, 0.15) is 24.2 Å². The van der Waals surface area contributed by atoms with Crippen LogP contribution in [-0.2, 0) is 35.2 Å². The Morgan fingerprint density at radius 3 is 1.74 bits per heavy atom. The second kappa shape index (κ2) is 15.3. The number of carbonyl (C=O) groups excluding carboxylic acids is 4. The molecular weight excluding hydrogens is 498 g/mol. The number of carboxylic acid groups (broad SMARTS) is 2. The van der Waals surface area contributed by atoms with E-state index in [1.165, 1.54) is 13.8 Å². The average molecular weight is 536 g/mol. The highest BCUT2D eigenvalue weighted by atomic mass is 16.4. The molecule has 38 heavy (non-hydrogen) atoms. The molecule has 5 atom stereocenters. The fraction of sp³-hybridized carbons (Fsp3) is 0.520. The van der Waals surface area contributed by atoms with E-state index in [1.54, 1.807) is 30.3 Å². The summed E-state index contributed by atoms with van der Waals surface area (Å²) in [7, 11) is 0. The van der Waals surface area contributed by atoms with Crippen molar-refractivity contribution in [2.75, 3.05) is 0 Å². The van der Waals surface area contributed by atoms with E-state index in [9.17, 15) is 33.9 Å². The van der Waals surface area contributed by atoms with E-state index in [4.69, 9.17) is 10.8 Å². The molecule has 0 spiro atoms. The molecule has 1 aromatic rings. The molecule has 0 aliphatic carbocycles. The zero-order valence-corrected chi connectivity index (χ0v) is 21.9. The van der Waals surface area contributed by atoms with E-state index >= 15 is 0 Å². The first-order valence-electron chi connectivity index (χ1n) is 12.2. The number of hydrogen-bond acceptors (Lipinski definition) is 7. The van der Waals surface area contributed by atoms with Crippen LogP contribution in [0.3, 0.4) is 0 Å². The van der Waals surface area contributed by atoms with Crippen LogP contribution in [0.4, 0.5) is 0 Å². The van der Waals surface area contributed by atoms with Crippen LogP contribution >= 0.6 is 0 Å². The average Bonchev–Trinajstić information content (AvgIpc) is 2.82. The number of carbonyl (C=O) groups is 6. The van der Waals surface area contributed by atoms with E-state index in [0.717, 1.165) is 5.56 Å². The molecule has 1 rings (SSSR count). The summed E-state index contributed by atoms with van der Waals surface area (Å²) in [6, 6.07) is 2.89. The zero-order chi connectivity index (χ0) is 29.0. The molecule has 0 heterocycles. The SMILES string of the molecule is CC(C)C[C@H](NC(=O)[C@H](Cc1ccccc1)NC(=O)[C@H](C)NC(=O)[C@H](C)NC(=O)[C@@H](N)CC(=O)O)C(=O)O. The van der Waals surface area contributed by atoms with Gasteiger partial charge in [0, 0.05) is 6.42 Å². The van der Waals surface area contributed by atoms with Crippen LogP contribution in [-0.4, -0.2) is 76.0 Å². The molecule has 0 aliphatic rings. The van der Waals surface area contributed by atoms with Gasteiger partial charge in [-0.2, -0.15) is 0 Å². The highest BCUT2D eigenvalue weighted by Crippen LogP contribution is 2.08. The van der Waals surface area contributed by atoms with Crippen molar-refractivity contribution in [3.8, 4) is 0 Å². The van der Waals surface area contributed by atoms with Crippen molar-refractivity contribution in [3.63, 3.8) is 0 Å². The smallest absolute Gasteiger partial charge is 0.326 e. The summed E-state index contributed by atoms with van der Waals surface area (Å²) in [5.41, 5.74) is 6.20. The first kappa shape index (κ1) is 32.0. The van der Waals surface area contributed by atoms with Crippen LogP contribution < -0.4 is 27.0 Å². The number of benzene rings is 1. The molecule has 13 heteroatoms. The minimum absolute atomic E-state index is 0.00467. The molecule has 0 unspecified atom stereocenters. The zero-order valence-electron chi connectivity index (χ0n) is 21.9. The molecule has 0 radical (unpaired) electrons. The molecule has 0 aromatic heterocycles. The molecule has 0 saturated heterocycles. The van der Waals surface area contributed by atoms with Gasteiger partial charge in [0.15, 0.2) is 0 Å². The quantitative estimate of drug-likeness (QED) is 0.148. The summed E-state index contributed by atoms with van der Waals surface area (Å²) in [5.74, 6) is -5.47. The lowest BCUT2D eigenvalue weighted by Crippen LogP contribution is -2.57. The maximum atomic E-state index is 13.0. The topological polar surface area (TPSA) is 217 Å². The van der Waals surface area contributed by atoms with Crippen molar-refractivity contribution in [3.05, 3.63) is 35.9 Å². The largest absolute Gasteiger partial charge is 0.481 e. The Morgan fingerprint density at radius 1 is 0.737 bits per heavy atom. The molecule has 1 aromatic carbocycles. The van der Waals surface area contributed by atoms with E-state index in [2.05, 4.69) is 21.3 Å². The Labute approximate surface area is 220 Å². The van der Waals surface area contributed by atoms with Crippen molar-refractivity contribution >= 4 is 35.6 Å². The molecule has 8 N–H and O–H groups in total. The van der Waals surface area contributed by atoms with E-state index in [1.807, 2.05) is 13.8 Å². The number of hydrogen-bond donors (Lipinski definition) is 7. The molecule has 0 aliphatic heterocycles. The Bertz CT molecular complexity index is 1000. The van der Waals surface area contributed by atoms with Crippen molar-refractivity contribution < 1.29 is 39.0 Å². The summed E-state index contributed by atoms with van der Waals surface area (Å²) in [6.45, 7) is 6.34. The standard InChI is InChI=1S/C25H37N5O8/c1-13(2)10-19(25(37)38)30-24(36)18(11-16-8-6-5-7-9-16)29-22(34)15(4)27-21(33)14(3)28-23(35)17(26)12-20(31)32/h5-9,13-15,17-19H,10-12,26H2,1-4H3,(H,27,33)(H,28,35)(H,29,34)(H,30,36)(H,31,32)(H,37,38)/t14-,15-,17-,18-,19-/m0/s1. The fourth-order valence-corrected chi connectivity index (χ4v) is 3.39. The van der Waals surface area contributed by atoms with Crippen LogP contribution in [0.5, 0.6) is 0 Å². The normalized spacial score (nSPS) is 14.8. The lowest BCUT2D eigenvalue weighted by Gasteiger charge is -2.24. The van der Waals surface area contributed by atoms with E-state index in [0.29, 0.717) is 0 Å². The van der Waals surface area contributed by atoms with Crippen LogP contribution in [0.2, 0.25) is 0 Å². The van der Waals surface area contributed by atoms with Crippen LogP contribution in [0, 0.1) is 5.92 Å². The third-order valence-electron chi connectivity index (χ3n) is 5.47. The number of rotatable bonds is 15. The summed E-state index contributed by atoms with van der Waals surface area (Å²) < 4.78 is 0. The van der Waals surface area contributed by atoms with Gasteiger partial charge in [-0.3, -0.25) is 24.0 Å². The van der Waals surface area contributed by atoms with E-state index in [-0.39, 0.29) is 18.8 Å². The summed E-state index contributed by atoms with van der Waals surface area (Å²) in [6.07, 6.45) is -0.357. The number of carboxylic acids is 2. The van der Waals surface area contributed by atoms with Gasteiger partial charge in [-0.15, -0.1) is 0 Å². The van der Waals surface area contributed by atoms with Gasteiger partial charge >= 0.3 is 11.9 Å². The predicted molar refractivity (Wildman–Crippen MR) is 137 cm³/mol. The molecule has 4 amide bonds. The summed E-state index contributed by atoms with van der Waals surface area (Å²) in [5, 5.41) is 27.9. The van der Waals surface area contributed by atoms with Gasteiger partial charge in [-0.1, -0.05) is 44.2 Å². The number of nitrogens with two attached hydrogens (primary N) is 1. The fourth-order valence-electron chi connectivity index (χ4n) is 3.39. The Kier molecular flexibility index (Phi) is 12.9. The van der Waals surface area contributed by atoms with Crippen molar-refractivity contribution in [2.45, 2.75) is 77.2 Å². The Balaban J connectivity index is 2.89. The molecular formula is C25H37N5O8. The molecule has 13 nitrogen and oxygen atoms in total. The van der Waals surface area contributed by atoms with Gasteiger partial charge in [-0.05, 0) is 31.7 Å². The molecule has 210 valence electrons. The van der Waals surface area contributed by atoms with Crippen molar-refractivity contribution in [1.82, 2.24) is 21.3 Å². The minimum atomic E-state index is -1.36. The first-order valence-corrected chi connectivity index (χ1v) is 12.2. The monoisotopic (exact) mass is 535 g/mol. The number of amides is 4. The molecule has 0 saturated carbocycles. The second-order valence-corrected chi connectivity index (χ2v) is 9.44. The Morgan fingerprint density at radius 2 is 1.24 bits per heavy atom. The minimum Gasteiger partial charge on any atom is -0.481 e. The third-order valence-corrected chi connectivity index (χ3v) is 5.47. The van der Waals surface area contributed by atoms with Gasteiger partial charge in [0.2, 0.25) is 23.6 Å². The first-order chi connectivity index (χ1) is 17.7. The highest BCUT2D eigenvalue weighted by molar-refractivity contribution is 5.95. The van der Waals surface area contributed by atoms with Crippen LogP contribution in [0.1, 0.15) is 46.1 Å². The van der Waals surface area contributed by atoms with Crippen molar-refractivity contribution in [2.24, 2.45) is 11.7 Å². The van der Waals surface area contributed by atoms with Gasteiger partial charge < -0.3 is 37.2 Å². The molecule has 0 fully saturated rings. The van der Waals surface area contributed by atoms with Crippen molar-refractivity contribution in [1.29, 1.82) is 0 Å². The maximum Gasteiger partial charge on any atom is 0.326 e. The van der Waals surface area contributed by atoms with E-state index < -0.39 is 72.2 Å². The lowest BCUT2D eigenvalue weighted by molar-refractivity contribution is -0.143. The summed E-state index contributed by atoms with van der Waals surface area (Å²) >= 11 is 0. The lowest BCUT2D eigenvalue weighted by atomic mass is 10.0. The van der Waals surface area contributed by atoms with Crippen LogP contribution in [0.15, 0.2) is 30.3 Å². The summed E-state index contributed by atoms with van der Waals surface area (Å²) in [4.78, 5) is 72.6. The van der Waals surface area contributed by atoms with Gasteiger partial charge in [0.25, 0.3) is 0 Å². The predicted octanol–water partition coefficient (Wildman–Crippen LogP) is -0.859. The van der Waals surface area contributed by atoms with Gasteiger partial charge in [0.05, 0.1) is 12.5 Å². The third kappa shape index (κ3) is 11.4. The van der Waals surface area contributed by atoms with Crippen LogP contribution in [0.25, 0.3) is 0 Å². The number of aliphatic carboxylic acids is 2. The number of nitrogens with one attached hydrogen (secondary N) is 4.